The second-order valence-corrected chi connectivity index (χ2v) is 3.25. The number of anilines is 1. The van der Waals surface area contributed by atoms with Crippen molar-refractivity contribution in [1.82, 2.24) is 0 Å². The van der Waals surface area contributed by atoms with Crippen LogP contribution in [0.15, 0.2) is 24.3 Å². The van der Waals surface area contributed by atoms with Crippen LogP contribution in [0.5, 0.6) is 0 Å². The number of hydrogen-bond donors (Lipinski definition) is 1. The molecule has 1 aromatic carbocycles. The maximum absolute atomic E-state index is 11.4. The Morgan fingerprint density at radius 3 is 2.57 bits per heavy atom. The van der Waals surface area contributed by atoms with Crippen molar-refractivity contribution in [1.29, 1.82) is 0 Å². The van der Waals surface area contributed by atoms with Gasteiger partial charge >= 0.3 is 0 Å². The van der Waals surface area contributed by atoms with Crippen LogP contribution < -0.4 is 10.6 Å². The van der Waals surface area contributed by atoms with Gasteiger partial charge in [0, 0.05) is 25.7 Å². The van der Waals surface area contributed by atoms with Gasteiger partial charge in [-0.3, -0.25) is 4.79 Å². The Bertz CT molecular complexity index is 323. The SMILES string of the molecule is CC(=O)N(CCN)c1ccccc1C. The van der Waals surface area contributed by atoms with Crippen molar-refractivity contribution >= 4 is 11.6 Å². The molecule has 14 heavy (non-hydrogen) atoms. The first-order valence-electron chi connectivity index (χ1n) is 4.70. The maximum Gasteiger partial charge on any atom is 0.223 e. The van der Waals surface area contributed by atoms with Crippen molar-refractivity contribution in [3.8, 4) is 0 Å². The highest BCUT2D eigenvalue weighted by Gasteiger charge is 2.11. The third-order valence-electron chi connectivity index (χ3n) is 2.14. The number of carbonyl (C=O) groups excluding carboxylic acids is 1. The molecule has 2 N–H and O–H groups in total. The Kier molecular flexibility index (Phi) is 3.65. The molecule has 1 rings (SSSR count). The molecule has 0 fully saturated rings. The van der Waals surface area contributed by atoms with Gasteiger partial charge in [-0.1, -0.05) is 18.2 Å². The fourth-order valence-electron chi connectivity index (χ4n) is 1.44. The summed E-state index contributed by atoms with van der Waals surface area (Å²) in [6.07, 6.45) is 0. The quantitative estimate of drug-likeness (QED) is 0.784. The lowest BCUT2D eigenvalue weighted by Crippen LogP contribution is -2.33. The molecule has 0 heterocycles. The van der Waals surface area contributed by atoms with E-state index >= 15 is 0 Å². The molecular formula is C11H16N2O. The Labute approximate surface area is 84.5 Å². The third kappa shape index (κ3) is 2.33. The highest BCUT2D eigenvalue weighted by molar-refractivity contribution is 5.92. The minimum atomic E-state index is 0.0322. The third-order valence-corrected chi connectivity index (χ3v) is 2.14. The van der Waals surface area contributed by atoms with Gasteiger partial charge in [-0.2, -0.15) is 0 Å². The molecule has 0 aromatic heterocycles. The molecule has 0 unspecified atom stereocenters. The average molecular weight is 192 g/mol. The molecule has 1 aromatic rings. The topological polar surface area (TPSA) is 46.3 Å². The number of amides is 1. The molecular weight excluding hydrogens is 176 g/mol. The summed E-state index contributed by atoms with van der Waals surface area (Å²) >= 11 is 0. The van der Waals surface area contributed by atoms with E-state index in [0.29, 0.717) is 13.1 Å². The smallest absolute Gasteiger partial charge is 0.223 e. The summed E-state index contributed by atoms with van der Waals surface area (Å²) < 4.78 is 0. The fraction of sp³-hybridized carbons (Fsp3) is 0.364. The van der Waals surface area contributed by atoms with Crippen LogP contribution in [0.2, 0.25) is 0 Å². The Morgan fingerprint density at radius 2 is 2.07 bits per heavy atom. The van der Waals surface area contributed by atoms with Crippen LogP contribution in [0.3, 0.4) is 0 Å². The van der Waals surface area contributed by atoms with Crippen LogP contribution in [0, 0.1) is 6.92 Å². The Hall–Kier alpha value is -1.35. The highest BCUT2D eigenvalue weighted by atomic mass is 16.2. The zero-order valence-electron chi connectivity index (χ0n) is 8.66. The van der Waals surface area contributed by atoms with E-state index in [1.165, 1.54) is 0 Å². The van der Waals surface area contributed by atoms with Gasteiger partial charge in [0.2, 0.25) is 5.91 Å². The minimum Gasteiger partial charge on any atom is -0.329 e. The van der Waals surface area contributed by atoms with E-state index in [4.69, 9.17) is 5.73 Å². The molecule has 0 bridgehead atoms. The molecule has 3 heteroatoms. The van der Waals surface area contributed by atoms with Crippen LogP contribution in [-0.4, -0.2) is 19.0 Å². The van der Waals surface area contributed by atoms with Crippen LogP contribution in [0.1, 0.15) is 12.5 Å². The van der Waals surface area contributed by atoms with E-state index in [2.05, 4.69) is 0 Å². The molecule has 1 amide bonds. The molecule has 0 aliphatic heterocycles. The second kappa shape index (κ2) is 4.77. The minimum absolute atomic E-state index is 0.0322. The van der Waals surface area contributed by atoms with Crippen LogP contribution in [-0.2, 0) is 4.79 Å². The van der Waals surface area contributed by atoms with Crippen molar-refractivity contribution in [3.63, 3.8) is 0 Å². The predicted molar refractivity (Wildman–Crippen MR) is 58.3 cm³/mol. The van der Waals surface area contributed by atoms with Gasteiger partial charge in [0.05, 0.1) is 0 Å². The molecule has 0 spiro atoms. The Balaban J connectivity index is 2.99. The maximum atomic E-state index is 11.4. The largest absolute Gasteiger partial charge is 0.329 e. The lowest BCUT2D eigenvalue weighted by Gasteiger charge is -2.22. The number of para-hydroxylation sites is 1. The van der Waals surface area contributed by atoms with Gasteiger partial charge in [-0.05, 0) is 18.6 Å². The average Bonchev–Trinajstić information content (AvgIpc) is 2.15. The summed E-state index contributed by atoms with van der Waals surface area (Å²) in [5.41, 5.74) is 7.50. The van der Waals surface area contributed by atoms with Crippen LogP contribution in [0.4, 0.5) is 5.69 Å². The van der Waals surface area contributed by atoms with Crippen molar-refractivity contribution in [2.45, 2.75) is 13.8 Å². The number of nitrogens with two attached hydrogens (primary N) is 1. The summed E-state index contributed by atoms with van der Waals surface area (Å²) in [5, 5.41) is 0. The Morgan fingerprint density at radius 1 is 1.43 bits per heavy atom. The predicted octanol–water partition coefficient (Wildman–Crippen LogP) is 1.31. The molecule has 0 aliphatic rings. The number of hydrogen-bond acceptors (Lipinski definition) is 2. The van der Waals surface area contributed by atoms with E-state index in [1.54, 1.807) is 11.8 Å². The van der Waals surface area contributed by atoms with Gasteiger partial charge in [0.25, 0.3) is 0 Å². The standard InChI is InChI=1S/C11H16N2O/c1-9-5-3-4-6-11(9)13(8-7-12)10(2)14/h3-6H,7-8,12H2,1-2H3. The summed E-state index contributed by atoms with van der Waals surface area (Å²) in [6, 6.07) is 7.81. The zero-order chi connectivity index (χ0) is 10.6. The molecule has 0 radical (unpaired) electrons. The summed E-state index contributed by atoms with van der Waals surface area (Å²) in [6.45, 7) is 4.60. The van der Waals surface area contributed by atoms with E-state index in [9.17, 15) is 4.79 Å². The van der Waals surface area contributed by atoms with Crippen molar-refractivity contribution < 1.29 is 4.79 Å². The molecule has 3 nitrogen and oxygen atoms in total. The van der Waals surface area contributed by atoms with Gasteiger partial charge in [-0.25, -0.2) is 0 Å². The molecule has 76 valence electrons. The van der Waals surface area contributed by atoms with Crippen molar-refractivity contribution in [2.75, 3.05) is 18.0 Å². The number of benzene rings is 1. The monoisotopic (exact) mass is 192 g/mol. The van der Waals surface area contributed by atoms with Gasteiger partial charge in [0.15, 0.2) is 0 Å². The first-order valence-corrected chi connectivity index (χ1v) is 4.70. The van der Waals surface area contributed by atoms with Gasteiger partial charge in [0.1, 0.15) is 0 Å². The molecule has 0 saturated carbocycles. The van der Waals surface area contributed by atoms with E-state index in [1.807, 2.05) is 31.2 Å². The number of carbonyl (C=O) groups is 1. The van der Waals surface area contributed by atoms with Gasteiger partial charge < -0.3 is 10.6 Å². The summed E-state index contributed by atoms with van der Waals surface area (Å²) in [5.74, 6) is 0.0322. The van der Waals surface area contributed by atoms with Crippen LogP contribution >= 0.6 is 0 Å². The summed E-state index contributed by atoms with van der Waals surface area (Å²) in [4.78, 5) is 13.1. The van der Waals surface area contributed by atoms with Crippen LogP contribution in [0.25, 0.3) is 0 Å². The summed E-state index contributed by atoms with van der Waals surface area (Å²) in [7, 11) is 0. The number of rotatable bonds is 3. The van der Waals surface area contributed by atoms with Gasteiger partial charge in [-0.15, -0.1) is 0 Å². The van der Waals surface area contributed by atoms with E-state index in [-0.39, 0.29) is 5.91 Å². The second-order valence-electron chi connectivity index (χ2n) is 3.25. The molecule has 0 saturated heterocycles. The fourth-order valence-corrected chi connectivity index (χ4v) is 1.44. The van der Waals surface area contributed by atoms with E-state index in [0.717, 1.165) is 11.3 Å². The number of nitrogens with zero attached hydrogens (tertiary/aromatic N) is 1. The molecule has 0 atom stereocenters. The van der Waals surface area contributed by atoms with Crippen molar-refractivity contribution in [2.24, 2.45) is 5.73 Å². The lowest BCUT2D eigenvalue weighted by molar-refractivity contribution is -0.116. The first-order chi connectivity index (χ1) is 6.66. The normalized spacial score (nSPS) is 9.93. The molecule has 0 aliphatic carbocycles. The first kappa shape index (κ1) is 10.7. The lowest BCUT2D eigenvalue weighted by atomic mass is 10.2. The number of aryl methyl sites for hydroxylation is 1. The van der Waals surface area contributed by atoms with E-state index < -0.39 is 0 Å². The van der Waals surface area contributed by atoms with Crippen molar-refractivity contribution in [3.05, 3.63) is 29.8 Å². The highest BCUT2D eigenvalue weighted by Crippen LogP contribution is 2.18. The zero-order valence-corrected chi connectivity index (χ0v) is 8.66.